The molecule has 7 heteroatoms. The number of hydrogen-bond acceptors (Lipinski definition) is 3. The molecule has 0 aliphatic heterocycles. The average molecular weight is 467 g/mol. The second kappa shape index (κ2) is 8.01. The molecule has 1 amide bonds. The Hall–Kier alpha value is -1.86. The van der Waals surface area contributed by atoms with Gasteiger partial charge in [0.25, 0.3) is 0 Å². The summed E-state index contributed by atoms with van der Waals surface area (Å²) >= 11 is 6.84. The first-order valence-electron chi connectivity index (χ1n) is 7.57. The summed E-state index contributed by atoms with van der Waals surface area (Å²) in [5.41, 5.74) is 0.961. The number of amides is 1. The van der Waals surface area contributed by atoms with Gasteiger partial charge in [-0.1, -0.05) is 24.3 Å². The fourth-order valence-corrected chi connectivity index (χ4v) is 3.16. The van der Waals surface area contributed by atoms with Gasteiger partial charge in [0.1, 0.15) is 18.3 Å². The van der Waals surface area contributed by atoms with Crippen molar-refractivity contribution in [2.45, 2.75) is 12.1 Å². The molecule has 3 rings (SSSR count). The zero-order valence-corrected chi connectivity index (χ0v) is 16.1. The van der Waals surface area contributed by atoms with E-state index in [-0.39, 0.29) is 17.7 Å². The Labute approximate surface area is 161 Å². The van der Waals surface area contributed by atoms with Crippen LogP contribution in [-0.2, 0) is 4.79 Å². The van der Waals surface area contributed by atoms with E-state index in [1.165, 1.54) is 12.4 Å². The Morgan fingerprint density at radius 1 is 1.20 bits per heavy atom. The van der Waals surface area contributed by atoms with Gasteiger partial charge in [-0.2, -0.15) is 0 Å². The number of benzene rings is 1. The number of rotatable bonds is 5. The summed E-state index contributed by atoms with van der Waals surface area (Å²) in [5, 5.41) is 2.61. The predicted octanol–water partition coefficient (Wildman–Crippen LogP) is 4.80. The standard InChI is InChI=1S/C18H14Br2FN3O/c19-13-6-5-11(9-14(13)20)17-12(18(17)21)3-1-2-4-16(25)24-15-7-8-22-10-23-15/h1-10,12,17-18H,(H,22,23,24,25)/b3-1+,4-2+. The molecule has 0 radical (unpaired) electrons. The molecular formula is C18H14Br2FN3O. The molecule has 0 spiro atoms. The largest absolute Gasteiger partial charge is 0.307 e. The van der Waals surface area contributed by atoms with E-state index in [4.69, 9.17) is 0 Å². The predicted molar refractivity (Wildman–Crippen MR) is 102 cm³/mol. The van der Waals surface area contributed by atoms with E-state index < -0.39 is 6.17 Å². The van der Waals surface area contributed by atoms with Crippen molar-refractivity contribution < 1.29 is 9.18 Å². The van der Waals surface area contributed by atoms with Crippen LogP contribution in [0.25, 0.3) is 0 Å². The fraction of sp³-hybridized carbons (Fsp3) is 0.167. The molecule has 1 aliphatic carbocycles. The van der Waals surface area contributed by atoms with Gasteiger partial charge < -0.3 is 5.32 Å². The molecule has 1 heterocycles. The average Bonchev–Trinajstić information content (AvgIpc) is 3.24. The molecule has 1 aromatic heterocycles. The molecule has 3 atom stereocenters. The first kappa shape index (κ1) is 17.9. The number of hydrogen-bond donors (Lipinski definition) is 1. The number of carbonyl (C=O) groups excluding carboxylic acids is 1. The van der Waals surface area contributed by atoms with Crippen molar-refractivity contribution in [1.29, 1.82) is 0 Å². The molecule has 1 aromatic carbocycles. The molecule has 1 fully saturated rings. The third kappa shape index (κ3) is 4.61. The number of allylic oxidation sites excluding steroid dienone is 3. The van der Waals surface area contributed by atoms with E-state index in [9.17, 15) is 9.18 Å². The first-order chi connectivity index (χ1) is 12.1. The normalized spacial score (nSPS) is 22.4. The Bertz CT molecular complexity index is 826. The Morgan fingerprint density at radius 2 is 2.04 bits per heavy atom. The molecule has 1 N–H and O–H groups in total. The summed E-state index contributed by atoms with van der Waals surface area (Å²) in [6.45, 7) is 0. The molecule has 25 heavy (non-hydrogen) atoms. The molecule has 2 aromatic rings. The van der Waals surface area contributed by atoms with E-state index in [1.54, 1.807) is 30.5 Å². The van der Waals surface area contributed by atoms with Gasteiger partial charge in [-0.05, 0) is 55.6 Å². The van der Waals surface area contributed by atoms with Crippen molar-refractivity contribution in [3.63, 3.8) is 0 Å². The lowest BCUT2D eigenvalue weighted by molar-refractivity contribution is -0.111. The van der Waals surface area contributed by atoms with E-state index >= 15 is 0 Å². The van der Waals surface area contributed by atoms with Gasteiger partial charge in [0.05, 0.1) is 0 Å². The van der Waals surface area contributed by atoms with Gasteiger partial charge in [-0.25, -0.2) is 14.4 Å². The minimum absolute atomic E-state index is 0.135. The van der Waals surface area contributed by atoms with Crippen LogP contribution in [0.1, 0.15) is 11.5 Å². The Balaban J connectivity index is 1.54. The highest BCUT2D eigenvalue weighted by Gasteiger charge is 2.50. The van der Waals surface area contributed by atoms with Gasteiger partial charge in [-0.15, -0.1) is 0 Å². The molecule has 0 saturated heterocycles. The molecule has 128 valence electrons. The SMILES string of the molecule is O=C(/C=C/C=C/C1C(F)C1c1ccc(Br)c(Br)c1)Nc1ccncn1. The van der Waals surface area contributed by atoms with Gasteiger partial charge >= 0.3 is 0 Å². The number of nitrogens with zero attached hydrogens (tertiary/aromatic N) is 2. The zero-order valence-electron chi connectivity index (χ0n) is 12.9. The number of halogens is 3. The highest BCUT2D eigenvalue weighted by atomic mass is 79.9. The topological polar surface area (TPSA) is 54.9 Å². The van der Waals surface area contributed by atoms with Crippen molar-refractivity contribution in [2.24, 2.45) is 5.92 Å². The Morgan fingerprint density at radius 3 is 2.76 bits per heavy atom. The van der Waals surface area contributed by atoms with E-state index in [0.29, 0.717) is 5.82 Å². The third-order valence-corrected chi connectivity index (χ3v) is 5.72. The molecule has 0 bridgehead atoms. The van der Waals surface area contributed by atoms with Crippen LogP contribution < -0.4 is 5.32 Å². The van der Waals surface area contributed by atoms with Crippen LogP contribution in [0.5, 0.6) is 0 Å². The van der Waals surface area contributed by atoms with Crippen LogP contribution in [0, 0.1) is 5.92 Å². The lowest BCUT2D eigenvalue weighted by Gasteiger charge is -2.01. The van der Waals surface area contributed by atoms with Crippen molar-refractivity contribution in [1.82, 2.24) is 9.97 Å². The van der Waals surface area contributed by atoms with Gasteiger partial charge in [0.15, 0.2) is 0 Å². The summed E-state index contributed by atoms with van der Waals surface area (Å²) < 4.78 is 15.9. The summed E-state index contributed by atoms with van der Waals surface area (Å²) in [6, 6.07) is 7.36. The summed E-state index contributed by atoms with van der Waals surface area (Å²) in [4.78, 5) is 19.4. The van der Waals surface area contributed by atoms with Crippen molar-refractivity contribution in [2.75, 3.05) is 5.32 Å². The highest BCUT2D eigenvalue weighted by molar-refractivity contribution is 9.13. The fourth-order valence-electron chi connectivity index (χ4n) is 2.52. The smallest absolute Gasteiger partial charge is 0.249 e. The molecular weight excluding hydrogens is 453 g/mol. The molecule has 4 nitrogen and oxygen atoms in total. The van der Waals surface area contributed by atoms with Crippen LogP contribution in [-0.4, -0.2) is 22.0 Å². The van der Waals surface area contributed by atoms with Crippen LogP contribution in [0.4, 0.5) is 10.2 Å². The van der Waals surface area contributed by atoms with Crippen LogP contribution in [0.3, 0.4) is 0 Å². The summed E-state index contributed by atoms with van der Waals surface area (Å²) in [6.07, 6.45) is 8.46. The monoisotopic (exact) mass is 465 g/mol. The minimum Gasteiger partial charge on any atom is -0.307 e. The van der Waals surface area contributed by atoms with E-state index in [0.717, 1.165) is 14.5 Å². The zero-order chi connectivity index (χ0) is 17.8. The van der Waals surface area contributed by atoms with Gasteiger partial charge in [-0.3, -0.25) is 4.79 Å². The van der Waals surface area contributed by atoms with Crippen LogP contribution in [0.2, 0.25) is 0 Å². The Kier molecular flexibility index (Phi) is 5.75. The summed E-state index contributed by atoms with van der Waals surface area (Å²) in [7, 11) is 0. The number of aromatic nitrogens is 2. The van der Waals surface area contributed by atoms with Crippen molar-refractivity contribution >= 4 is 43.6 Å². The molecule has 1 aliphatic rings. The molecule has 1 saturated carbocycles. The first-order valence-corrected chi connectivity index (χ1v) is 9.16. The highest BCUT2D eigenvalue weighted by Crippen LogP contribution is 2.51. The maximum Gasteiger partial charge on any atom is 0.249 e. The van der Waals surface area contributed by atoms with Gasteiger partial charge in [0.2, 0.25) is 5.91 Å². The number of anilines is 1. The second-order valence-electron chi connectivity index (χ2n) is 5.55. The minimum atomic E-state index is -0.896. The lowest BCUT2D eigenvalue weighted by Crippen LogP contribution is -2.08. The van der Waals surface area contributed by atoms with Crippen molar-refractivity contribution in [3.05, 3.63) is 75.6 Å². The van der Waals surface area contributed by atoms with Crippen LogP contribution >= 0.6 is 31.9 Å². The van der Waals surface area contributed by atoms with E-state index in [1.807, 2.05) is 18.2 Å². The maximum atomic E-state index is 14.0. The number of alkyl halides is 1. The van der Waals surface area contributed by atoms with Crippen LogP contribution in [0.15, 0.2) is 70.0 Å². The lowest BCUT2D eigenvalue weighted by atomic mass is 10.1. The van der Waals surface area contributed by atoms with Gasteiger partial charge in [0, 0.05) is 33.1 Å². The number of nitrogens with one attached hydrogen (secondary N) is 1. The number of carbonyl (C=O) groups is 1. The third-order valence-electron chi connectivity index (χ3n) is 3.84. The molecule has 3 unspecified atom stereocenters. The summed E-state index contributed by atoms with van der Waals surface area (Å²) in [5.74, 6) is -0.170. The van der Waals surface area contributed by atoms with Crippen molar-refractivity contribution in [3.8, 4) is 0 Å². The van der Waals surface area contributed by atoms with E-state index in [2.05, 4.69) is 47.1 Å². The quantitative estimate of drug-likeness (QED) is 0.508. The second-order valence-corrected chi connectivity index (χ2v) is 7.26. The maximum absolute atomic E-state index is 14.0.